The summed E-state index contributed by atoms with van der Waals surface area (Å²) in [6, 6.07) is 8.95. The number of hydrogen-bond acceptors (Lipinski definition) is 6. The highest BCUT2D eigenvalue weighted by Crippen LogP contribution is 2.33. The van der Waals surface area contributed by atoms with Gasteiger partial charge in [-0.2, -0.15) is 13.2 Å². The fourth-order valence-corrected chi connectivity index (χ4v) is 4.46. The maximum atomic E-state index is 13.1. The van der Waals surface area contributed by atoms with E-state index in [-0.39, 0.29) is 23.5 Å². The summed E-state index contributed by atoms with van der Waals surface area (Å²) in [4.78, 5) is 32.8. The molecule has 2 amide bonds. The third kappa shape index (κ3) is 4.94. The van der Waals surface area contributed by atoms with Crippen molar-refractivity contribution in [3.05, 3.63) is 69.7 Å². The van der Waals surface area contributed by atoms with Gasteiger partial charge in [0.1, 0.15) is 5.69 Å². The summed E-state index contributed by atoms with van der Waals surface area (Å²) in [5.74, 6) is -0.807. The van der Waals surface area contributed by atoms with Crippen LogP contribution in [0.2, 0.25) is 0 Å². The van der Waals surface area contributed by atoms with Crippen molar-refractivity contribution in [2.45, 2.75) is 19.5 Å². The Morgan fingerprint density at radius 2 is 1.91 bits per heavy atom. The molecule has 164 valence electrons. The van der Waals surface area contributed by atoms with Gasteiger partial charge in [0.05, 0.1) is 27.7 Å². The van der Waals surface area contributed by atoms with Gasteiger partial charge >= 0.3 is 6.18 Å². The van der Waals surface area contributed by atoms with Gasteiger partial charge < -0.3 is 10.6 Å². The van der Waals surface area contributed by atoms with Gasteiger partial charge in [-0.3, -0.25) is 9.59 Å². The van der Waals surface area contributed by atoms with Crippen LogP contribution in [-0.2, 0) is 17.4 Å². The first kappa shape index (κ1) is 21.9. The zero-order chi connectivity index (χ0) is 22.9. The summed E-state index contributed by atoms with van der Waals surface area (Å²) in [5, 5.41) is 7.33. The van der Waals surface area contributed by atoms with Crippen molar-refractivity contribution in [1.29, 1.82) is 0 Å². The van der Waals surface area contributed by atoms with Crippen LogP contribution in [-0.4, -0.2) is 21.8 Å². The molecule has 2 aromatic heterocycles. The van der Waals surface area contributed by atoms with E-state index < -0.39 is 17.6 Å². The highest BCUT2D eigenvalue weighted by Gasteiger charge is 2.32. The number of amides is 2. The predicted molar refractivity (Wildman–Crippen MR) is 118 cm³/mol. The predicted octanol–water partition coefficient (Wildman–Crippen LogP) is 5.51. The minimum atomic E-state index is -4.48. The second-order valence-corrected chi connectivity index (χ2v) is 8.65. The second-order valence-electron chi connectivity index (χ2n) is 6.90. The van der Waals surface area contributed by atoms with Crippen molar-refractivity contribution < 1.29 is 22.8 Å². The van der Waals surface area contributed by atoms with Crippen molar-refractivity contribution in [2.75, 3.05) is 10.6 Å². The molecule has 0 aliphatic carbocycles. The Morgan fingerprint density at radius 1 is 1.09 bits per heavy atom. The molecule has 4 aromatic rings. The zero-order valence-electron chi connectivity index (χ0n) is 16.5. The average Bonchev–Trinajstić information content (AvgIpc) is 3.37. The molecule has 32 heavy (non-hydrogen) atoms. The SMILES string of the molecule is Cc1ccc(CC(=O)Nc2nc3ccc(NC(=O)c4cscn4)cc3s2)cc1C(F)(F)F. The molecular weight excluding hydrogens is 461 g/mol. The van der Waals surface area contributed by atoms with Gasteiger partial charge in [0, 0.05) is 11.1 Å². The molecule has 0 atom stereocenters. The first-order valence-corrected chi connectivity index (χ1v) is 11.0. The number of nitrogens with one attached hydrogen (secondary N) is 2. The standard InChI is InChI=1S/C21H15F3N4O2S2/c1-11-2-3-12(6-14(11)21(22,23)24)7-18(29)28-20-27-15-5-4-13(8-17(15)32-20)26-19(30)16-9-31-10-25-16/h2-6,8-10H,7H2,1H3,(H,26,30)(H,27,28,29). The number of thiazole rings is 2. The highest BCUT2D eigenvalue weighted by atomic mass is 32.1. The molecule has 0 spiro atoms. The number of carbonyl (C=O) groups is 2. The van der Waals surface area contributed by atoms with E-state index in [0.29, 0.717) is 22.0 Å². The number of alkyl halides is 3. The van der Waals surface area contributed by atoms with E-state index in [2.05, 4.69) is 20.6 Å². The van der Waals surface area contributed by atoms with Crippen LogP contribution in [0.3, 0.4) is 0 Å². The van der Waals surface area contributed by atoms with E-state index in [0.717, 1.165) is 10.8 Å². The molecule has 0 saturated carbocycles. The lowest BCUT2D eigenvalue weighted by atomic mass is 10.0. The lowest BCUT2D eigenvalue weighted by molar-refractivity contribution is -0.138. The van der Waals surface area contributed by atoms with E-state index in [1.165, 1.54) is 41.7 Å². The van der Waals surface area contributed by atoms with Crippen molar-refractivity contribution >= 4 is 55.5 Å². The normalized spacial score (nSPS) is 11.5. The minimum absolute atomic E-state index is 0.102. The lowest BCUT2D eigenvalue weighted by Gasteiger charge is -2.11. The van der Waals surface area contributed by atoms with Crippen LogP contribution < -0.4 is 10.6 Å². The van der Waals surface area contributed by atoms with E-state index >= 15 is 0 Å². The van der Waals surface area contributed by atoms with E-state index in [1.54, 1.807) is 29.1 Å². The molecule has 0 fully saturated rings. The van der Waals surface area contributed by atoms with E-state index in [9.17, 15) is 22.8 Å². The van der Waals surface area contributed by atoms with E-state index in [4.69, 9.17) is 0 Å². The maximum Gasteiger partial charge on any atom is 0.416 e. The molecule has 0 radical (unpaired) electrons. The number of rotatable bonds is 5. The van der Waals surface area contributed by atoms with Crippen LogP contribution in [0.4, 0.5) is 24.0 Å². The van der Waals surface area contributed by atoms with Crippen molar-refractivity contribution in [3.8, 4) is 0 Å². The Labute approximate surface area is 188 Å². The average molecular weight is 477 g/mol. The second kappa shape index (κ2) is 8.67. The number of benzene rings is 2. The molecule has 0 aliphatic rings. The quantitative estimate of drug-likeness (QED) is 0.398. The summed E-state index contributed by atoms with van der Waals surface area (Å²) < 4.78 is 40.0. The van der Waals surface area contributed by atoms with Crippen molar-refractivity contribution in [1.82, 2.24) is 9.97 Å². The van der Waals surface area contributed by atoms with Crippen LogP contribution >= 0.6 is 22.7 Å². The summed E-state index contributed by atoms with van der Waals surface area (Å²) in [6.07, 6.45) is -4.69. The van der Waals surface area contributed by atoms with Crippen LogP contribution in [0.25, 0.3) is 10.2 Å². The third-order valence-electron chi connectivity index (χ3n) is 4.53. The summed E-state index contributed by atoms with van der Waals surface area (Å²) in [7, 11) is 0. The molecule has 0 bridgehead atoms. The fourth-order valence-electron chi connectivity index (χ4n) is 3.01. The van der Waals surface area contributed by atoms with Crippen LogP contribution in [0.1, 0.15) is 27.2 Å². The van der Waals surface area contributed by atoms with Crippen molar-refractivity contribution in [3.63, 3.8) is 0 Å². The third-order valence-corrected chi connectivity index (χ3v) is 6.05. The van der Waals surface area contributed by atoms with Gasteiger partial charge in [-0.05, 0) is 42.3 Å². The maximum absolute atomic E-state index is 13.1. The molecule has 6 nitrogen and oxygen atoms in total. The summed E-state index contributed by atoms with van der Waals surface area (Å²) >= 11 is 2.51. The Hall–Kier alpha value is -3.31. The summed E-state index contributed by atoms with van der Waals surface area (Å²) in [5.41, 5.74) is 2.66. The number of nitrogens with zero attached hydrogens (tertiary/aromatic N) is 2. The van der Waals surface area contributed by atoms with Gasteiger partial charge in [0.25, 0.3) is 5.91 Å². The fraction of sp³-hybridized carbons (Fsp3) is 0.143. The first-order valence-electron chi connectivity index (χ1n) is 9.26. The summed E-state index contributed by atoms with van der Waals surface area (Å²) in [6.45, 7) is 1.38. The molecule has 11 heteroatoms. The Morgan fingerprint density at radius 3 is 2.62 bits per heavy atom. The molecule has 2 N–H and O–H groups in total. The van der Waals surface area contributed by atoms with Crippen LogP contribution in [0, 0.1) is 6.92 Å². The number of halogens is 3. The van der Waals surface area contributed by atoms with Crippen molar-refractivity contribution in [2.24, 2.45) is 0 Å². The Balaban J connectivity index is 1.45. The number of aryl methyl sites for hydroxylation is 1. The smallest absolute Gasteiger partial charge is 0.321 e. The molecule has 2 aromatic carbocycles. The molecule has 4 rings (SSSR count). The largest absolute Gasteiger partial charge is 0.416 e. The number of aromatic nitrogens is 2. The number of anilines is 2. The van der Waals surface area contributed by atoms with Gasteiger partial charge in [-0.1, -0.05) is 23.5 Å². The van der Waals surface area contributed by atoms with Gasteiger partial charge in [0.2, 0.25) is 5.91 Å². The topological polar surface area (TPSA) is 84.0 Å². The number of carbonyl (C=O) groups excluding carboxylic acids is 2. The van der Waals surface area contributed by atoms with Gasteiger partial charge in [-0.25, -0.2) is 9.97 Å². The number of hydrogen-bond donors (Lipinski definition) is 2. The lowest BCUT2D eigenvalue weighted by Crippen LogP contribution is -2.15. The molecule has 0 aliphatic heterocycles. The monoisotopic (exact) mass is 476 g/mol. The van der Waals surface area contributed by atoms with Gasteiger partial charge in [-0.15, -0.1) is 11.3 Å². The van der Waals surface area contributed by atoms with Crippen LogP contribution in [0.5, 0.6) is 0 Å². The van der Waals surface area contributed by atoms with Gasteiger partial charge in [0.15, 0.2) is 5.13 Å². The van der Waals surface area contributed by atoms with Crippen LogP contribution in [0.15, 0.2) is 47.3 Å². The van der Waals surface area contributed by atoms with E-state index in [1.807, 2.05) is 0 Å². The Bertz CT molecular complexity index is 1300. The molecule has 2 heterocycles. The molecular formula is C21H15F3N4O2S2. The molecule has 0 saturated heterocycles. The molecule has 0 unspecified atom stereocenters. The number of fused-ring (bicyclic) bond motifs is 1. The zero-order valence-corrected chi connectivity index (χ0v) is 18.1. The highest BCUT2D eigenvalue weighted by molar-refractivity contribution is 7.22. The first-order chi connectivity index (χ1) is 15.2. The Kier molecular flexibility index (Phi) is 5.94. The minimum Gasteiger partial charge on any atom is -0.321 e.